The van der Waals surface area contributed by atoms with E-state index < -0.39 is 11.7 Å². The SMILES string of the molecule is CN(Cc1ncc[nH]1)C(=O)c1cc(F)cnc1N. The number of nitrogens with one attached hydrogen (secondary N) is 1. The minimum Gasteiger partial charge on any atom is -0.383 e. The van der Waals surface area contributed by atoms with Crippen molar-refractivity contribution >= 4 is 11.7 Å². The smallest absolute Gasteiger partial charge is 0.257 e. The molecule has 3 N–H and O–H groups in total. The zero-order valence-electron chi connectivity index (χ0n) is 9.72. The van der Waals surface area contributed by atoms with E-state index in [1.165, 1.54) is 4.90 Å². The highest BCUT2D eigenvalue weighted by molar-refractivity contribution is 5.98. The van der Waals surface area contributed by atoms with Crippen molar-refractivity contribution in [2.24, 2.45) is 0 Å². The zero-order valence-corrected chi connectivity index (χ0v) is 9.72. The summed E-state index contributed by atoms with van der Waals surface area (Å²) in [5, 5.41) is 0. The van der Waals surface area contributed by atoms with E-state index in [0.29, 0.717) is 5.82 Å². The molecule has 0 aromatic carbocycles. The van der Waals surface area contributed by atoms with Gasteiger partial charge in [-0.05, 0) is 6.07 Å². The third-order valence-corrected chi connectivity index (χ3v) is 2.40. The molecule has 1 amide bonds. The first kappa shape index (κ1) is 12.0. The van der Waals surface area contributed by atoms with Crippen molar-refractivity contribution in [3.05, 3.63) is 41.9 Å². The largest absolute Gasteiger partial charge is 0.383 e. The highest BCUT2D eigenvalue weighted by Crippen LogP contribution is 2.13. The summed E-state index contributed by atoms with van der Waals surface area (Å²) in [5.41, 5.74) is 5.60. The molecule has 0 saturated carbocycles. The van der Waals surface area contributed by atoms with Crippen LogP contribution in [0.25, 0.3) is 0 Å². The standard InChI is InChI=1S/C11H12FN5O/c1-17(6-9-14-2-3-15-9)11(18)8-4-7(12)5-16-10(8)13/h2-5H,6H2,1H3,(H2,13,16)(H,14,15). The van der Waals surface area contributed by atoms with E-state index in [4.69, 9.17) is 5.73 Å². The van der Waals surface area contributed by atoms with E-state index in [2.05, 4.69) is 15.0 Å². The van der Waals surface area contributed by atoms with Gasteiger partial charge in [0, 0.05) is 19.4 Å². The molecule has 2 rings (SSSR count). The van der Waals surface area contributed by atoms with Gasteiger partial charge in [-0.15, -0.1) is 0 Å². The second-order valence-electron chi connectivity index (χ2n) is 3.78. The molecule has 6 nitrogen and oxygen atoms in total. The summed E-state index contributed by atoms with van der Waals surface area (Å²) >= 11 is 0. The highest BCUT2D eigenvalue weighted by atomic mass is 19.1. The molecule has 0 aliphatic rings. The lowest BCUT2D eigenvalue weighted by molar-refractivity contribution is 0.0782. The molecule has 2 aromatic rings. The number of hydrogen-bond donors (Lipinski definition) is 2. The summed E-state index contributed by atoms with van der Waals surface area (Å²) in [6, 6.07) is 1.07. The number of H-pyrrole nitrogens is 1. The first-order valence-corrected chi connectivity index (χ1v) is 5.22. The number of nitrogens with zero attached hydrogens (tertiary/aromatic N) is 3. The Bertz CT molecular complexity index is 555. The number of aromatic amines is 1. The van der Waals surface area contributed by atoms with Crippen LogP contribution in [0, 0.1) is 5.82 Å². The number of nitrogens with two attached hydrogens (primary N) is 1. The zero-order chi connectivity index (χ0) is 13.1. The lowest BCUT2D eigenvalue weighted by atomic mass is 10.2. The lowest BCUT2D eigenvalue weighted by Crippen LogP contribution is -2.27. The Morgan fingerprint density at radius 1 is 1.56 bits per heavy atom. The van der Waals surface area contributed by atoms with Crippen LogP contribution in [0.5, 0.6) is 0 Å². The molecular formula is C11H12FN5O. The van der Waals surface area contributed by atoms with E-state index in [9.17, 15) is 9.18 Å². The van der Waals surface area contributed by atoms with Gasteiger partial charge in [0.05, 0.1) is 18.3 Å². The van der Waals surface area contributed by atoms with E-state index in [1.807, 2.05) is 0 Å². The van der Waals surface area contributed by atoms with E-state index in [1.54, 1.807) is 19.4 Å². The second-order valence-corrected chi connectivity index (χ2v) is 3.78. The minimum atomic E-state index is -0.598. The van der Waals surface area contributed by atoms with Gasteiger partial charge in [-0.2, -0.15) is 0 Å². The Labute approximate surface area is 103 Å². The second kappa shape index (κ2) is 4.82. The summed E-state index contributed by atoms with van der Waals surface area (Å²) < 4.78 is 13.0. The number of pyridine rings is 1. The van der Waals surface area contributed by atoms with Crippen molar-refractivity contribution in [2.75, 3.05) is 12.8 Å². The molecule has 94 valence electrons. The number of amides is 1. The number of halogens is 1. The maximum Gasteiger partial charge on any atom is 0.257 e. The summed E-state index contributed by atoms with van der Waals surface area (Å²) in [4.78, 5) is 23.9. The van der Waals surface area contributed by atoms with Gasteiger partial charge in [-0.3, -0.25) is 4.79 Å². The lowest BCUT2D eigenvalue weighted by Gasteiger charge is -2.16. The average molecular weight is 249 g/mol. The topological polar surface area (TPSA) is 87.9 Å². The molecule has 0 saturated heterocycles. The third kappa shape index (κ3) is 2.45. The molecule has 7 heteroatoms. The predicted octanol–water partition coefficient (Wildman–Crippen LogP) is 0.798. The number of imidazole rings is 1. The van der Waals surface area contributed by atoms with E-state index >= 15 is 0 Å². The van der Waals surface area contributed by atoms with Crippen molar-refractivity contribution in [2.45, 2.75) is 6.54 Å². The molecule has 0 radical (unpaired) electrons. The van der Waals surface area contributed by atoms with Crippen LogP contribution >= 0.6 is 0 Å². The summed E-state index contributed by atoms with van der Waals surface area (Å²) in [7, 11) is 1.58. The van der Waals surface area contributed by atoms with Crippen molar-refractivity contribution in [1.29, 1.82) is 0 Å². The van der Waals surface area contributed by atoms with Crippen LogP contribution in [0.15, 0.2) is 24.7 Å². The van der Waals surface area contributed by atoms with Crippen LogP contribution in [-0.4, -0.2) is 32.8 Å². The van der Waals surface area contributed by atoms with Crippen LogP contribution in [0.2, 0.25) is 0 Å². The van der Waals surface area contributed by atoms with Crippen LogP contribution < -0.4 is 5.73 Å². The fraction of sp³-hybridized carbons (Fsp3) is 0.182. The normalized spacial score (nSPS) is 10.3. The average Bonchev–Trinajstić information content (AvgIpc) is 2.84. The maximum absolute atomic E-state index is 13.0. The number of nitrogen functional groups attached to an aromatic ring is 1. The van der Waals surface area contributed by atoms with Gasteiger partial charge in [-0.1, -0.05) is 0 Å². The quantitative estimate of drug-likeness (QED) is 0.842. The Balaban J connectivity index is 2.17. The Morgan fingerprint density at radius 3 is 3.00 bits per heavy atom. The Morgan fingerprint density at radius 2 is 2.33 bits per heavy atom. The van der Waals surface area contributed by atoms with Crippen molar-refractivity contribution in [3.8, 4) is 0 Å². The van der Waals surface area contributed by atoms with Crippen LogP contribution in [0.1, 0.15) is 16.2 Å². The summed E-state index contributed by atoms with van der Waals surface area (Å²) in [6.45, 7) is 0.280. The number of carbonyl (C=O) groups excluding carboxylic acids is 1. The molecule has 0 spiro atoms. The molecule has 0 fully saturated rings. The maximum atomic E-state index is 13.0. The molecule has 0 bridgehead atoms. The van der Waals surface area contributed by atoms with Crippen molar-refractivity contribution in [1.82, 2.24) is 19.9 Å². The van der Waals surface area contributed by atoms with Gasteiger partial charge < -0.3 is 15.6 Å². The van der Waals surface area contributed by atoms with Gasteiger partial charge in [0.1, 0.15) is 17.5 Å². The summed E-state index contributed by atoms with van der Waals surface area (Å²) in [6.07, 6.45) is 4.22. The van der Waals surface area contributed by atoms with Gasteiger partial charge in [0.25, 0.3) is 5.91 Å². The van der Waals surface area contributed by atoms with Gasteiger partial charge in [0.15, 0.2) is 0 Å². The highest BCUT2D eigenvalue weighted by Gasteiger charge is 2.17. The van der Waals surface area contributed by atoms with Gasteiger partial charge >= 0.3 is 0 Å². The van der Waals surface area contributed by atoms with Crippen LogP contribution in [0.3, 0.4) is 0 Å². The fourth-order valence-electron chi connectivity index (χ4n) is 1.51. The number of anilines is 1. The Hall–Kier alpha value is -2.44. The first-order valence-electron chi connectivity index (χ1n) is 5.22. The number of rotatable bonds is 3. The van der Waals surface area contributed by atoms with Crippen LogP contribution in [0.4, 0.5) is 10.2 Å². The van der Waals surface area contributed by atoms with Crippen molar-refractivity contribution < 1.29 is 9.18 Å². The number of aromatic nitrogens is 3. The van der Waals surface area contributed by atoms with Gasteiger partial charge in [-0.25, -0.2) is 14.4 Å². The third-order valence-electron chi connectivity index (χ3n) is 2.40. The Kier molecular flexibility index (Phi) is 3.22. The molecule has 2 heterocycles. The monoisotopic (exact) mass is 249 g/mol. The summed E-state index contributed by atoms with van der Waals surface area (Å²) in [5.74, 6) is -0.365. The first-order chi connectivity index (χ1) is 8.58. The predicted molar refractivity (Wildman–Crippen MR) is 63.0 cm³/mol. The number of carbonyl (C=O) groups is 1. The van der Waals surface area contributed by atoms with E-state index in [-0.39, 0.29) is 17.9 Å². The van der Waals surface area contributed by atoms with Crippen molar-refractivity contribution in [3.63, 3.8) is 0 Å². The molecule has 18 heavy (non-hydrogen) atoms. The fourth-order valence-corrected chi connectivity index (χ4v) is 1.51. The van der Waals surface area contributed by atoms with Gasteiger partial charge in [0.2, 0.25) is 0 Å². The molecule has 0 aliphatic heterocycles. The molecule has 0 unspecified atom stereocenters. The van der Waals surface area contributed by atoms with E-state index in [0.717, 1.165) is 12.3 Å². The molecule has 0 aliphatic carbocycles. The molecule has 2 aromatic heterocycles. The van der Waals surface area contributed by atoms with Crippen LogP contribution in [-0.2, 0) is 6.54 Å². The number of hydrogen-bond acceptors (Lipinski definition) is 4. The minimum absolute atomic E-state index is 0.00712. The molecular weight excluding hydrogens is 237 g/mol. The molecule has 0 atom stereocenters.